The van der Waals surface area contributed by atoms with Gasteiger partial charge in [-0.15, -0.1) is 0 Å². The van der Waals surface area contributed by atoms with Crippen LogP contribution < -0.4 is 5.73 Å². The first-order chi connectivity index (χ1) is 8.63. The molecule has 4 heteroatoms. The van der Waals surface area contributed by atoms with Crippen molar-refractivity contribution >= 4 is 23.2 Å². The Labute approximate surface area is 119 Å². The highest BCUT2D eigenvalue weighted by Gasteiger charge is 2.31. The normalized spacial score (nSPS) is 25.3. The molecule has 100 valence electrons. The molecule has 1 aliphatic rings. The molecule has 18 heavy (non-hydrogen) atoms. The summed E-state index contributed by atoms with van der Waals surface area (Å²) < 4.78 is 0. The molecule has 1 aliphatic heterocycles. The summed E-state index contributed by atoms with van der Waals surface area (Å²) in [5.74, 6) is 0. The minimum Gasteiger partial charge on any atom is -0.326 e. The average molecular weight is 287 g/mol. The molecule has 1 saturated heterocycles. The molecule has 1 aromatic rings. The van der Waals surface area contributed by atoms with Crippen molar-refractivity contribution in [1.82, 2.24) is 4.90 Å². The molecule has 2 atom stereocenters. The van der Waals surface area contributed by atoms with E-state index in [0.717, 1.165) is 48.0 Å². The van der Waals surface area contributed by atoms with Crippen LogP contribution in [0.5, 0.6) is 0 Å². The number of likely N-dealkylation sites (tertiary alicyclic amines) is 1. The maximum atomic E-state index is 6.32. The predicted octanol–water partition coefficient (Wildman–Crippen LogP) is 3.87. The van der Waals surface area contributed by atoms with E-state index >= 15 is 0 Å². The number of benzene rings is 1. The molecule has 1 fully saturated rings. The topological polar surface area (TPSA) is 29.3 Å². The standard InChI is InChI=1S/C14H20Cl2N2/c1-2-7-18-8-3-4-13(17)14(18)11-9-10(15)5-6-12(11)16/h5-6,9,13-14H,2-4,7-8,17H2,1H3. The Morgan fingerprint density at radius 2 is 2.17 bits per heavy atom. The Morgan fingerprint density at radius 3 is 2.89 bits per heavy atom. The summed E-state index contributed by atoms with van der Waals surface area (Å²) in [5, 5.41) is 1.49. The van der Waals surface area contributed by atoms with Gasteiger partial charge in [0.1, 0.15) is 0 Å². The molecular formula is C14H20Cl2N2. The minimum atomic E-state index is 0.140. The van der Waals surface area contributed by atoms with Gasteiger partial charge in [-0.1, -0.05) is 30.1 Å². The molecule has 1 heterocycles. The maximum Gasteiger partial charge on any atom is 0.0514 e. The Balaban J connectivity index is 2.33. The number of rotatable bonds is 3. The van der Waals surface area contributed by atoms with E-state index in [2.05, 4.69) is 11.8 Å². The van der Waals surface area contributed by atoms with Crippen molar-refractivity contribution in [3.63, 3.8) is 0 Å². The van der Waals surface area contributed by atoms with Crippen LogP contribution >= 0.6 is 23.2 Å². The van der Waals surface area contributed by atoms with Crippen LogP contribution in [0.1, 0.15) is 37.8 Å². The van der Waals surface area contributed by atoms with Crippen LogP contribution in [0.25, 0.3) is 0 Å². The van der Waals surface area contributed by atoms with Gasteiger partial charge < -0.3 is 5.73 Å². The lowest BCUT2D eigenvalue weighted by molar-refractivity contribution is 0.129. The number of piperidine rings is 1. The first-order valence-electron chi connectivity index (χ1n) is 6.58. The Kier molecular flexibility index (Phi) is 4.91. The summed E-state index contributed by atoms with van der Waals surface area (Å²) in [7, 11) is 0. The monoisotopic (exact) mass is 286 g/mol. The average Bonchev–Trinajstić information content (AvgIpc) is 2.34. The number of hydrogen-bond donors (Lipinski definition) is 1. The summed E-state index contributed by atoms with van der Waals surface area (Å²) in [6, 6.07) is 5.99. The smallest absolute Gasteiger partial charge is 0.0514 e. The molecule has 0 radical (unpaired) electrons. The first kappa shape index (κ1) is 14.1. The SMILES string of the molecule is CCCN1CCCC(N)C1c1cc(Cl)ccc1Cl. The Morgan fingerprint density at radius 1 is 1.39 bits per heavy atom. The van der Waals surface area contributed by atoms with Crippen molar-refractivity contribution in [1.29, 1.82) is 0 Å². The van der Waals surface area contributed by atoms with Gasteiger partial charge in [0, 0.05) is 16.1 Å². The van der Waals surface area contributed by atoms with E-state index in [-0.39, 0.29) is 12.1 Å². The van der Waals surface area contributed by atoms with Crippen molar-refractivity contribution in [2.75, 3.05) is 13.1 Å². The second-order valence-corrected chi connectivity index (χ2v) is 5.80. The quantitative estimate of drug-likeness (QED) is 0.914. The molecule has 2 unspecified atom stereocenters. The third kappa shape index (κ3) is 3.00. The Bertz CT molecular complexity index is 407. The van der Waals surface area contributed by atoms with Crippen molar-refractivity contribution in [3.8, 4) is 0 Å². The zero-order valence-electron chi connectivity index (χ0n) is 10.7. The molecule has 0 amide bonds. The highest BCUT2D eigenvalue weighted by Crippen LogP contribution is 2.35. The van der Waals surface area contributed by atoms with Gasteiger partial charge >= 0.3 is 0 Å². The molecule has 1 aromatic carbocycles. The molecule has 0 aliphatic carbocycles. The lowest BCUT2D eigenvalue weighted by Crippen LogP contribution is -2.46. The van der Waals surface area contributed by atoms with E-state index in [1.807, 2.05) is 18.2 Å². The third-order valence-electron chi connectivity index (χ3n) is 3.57. The zero-order valence-corrected chi connectivity index (χ0v) is 12.2. The summed E-state index contributed by atoms with van der Waals surface area (Å²) in [5.41, 5.74) is 7.38. The molecule has 0 aromatic heterocycles. The van der Waals surface area contributed by atoms with Gasteiger partial charge in [0.15, 0.2) is 0 Å². The summed E-state index contributed by atoms with van der Waals surface area (Å²) in [4.78, 5) is 2.44. The molecular weight excluding hydrogens is 267 g/mol. The van der Waals surface area contributed by atoms with Crippen molar-refractivity contribution in [2.24, 2.45) is 5.73 Å². The minimum absolute atomic E-state index is 0.140. The van der Waals surface area contributed by atoms with Gasteiger partial charge in [-0.05, 0) is 56.1 Å². The largest absolute Gasteiger partial charge is 0.326 e. The summed E-state index contributed by atoms with van der Waals surface area (Å²) in [6.07, 6.45) is 3.34. The van der Waals surface area contributed by atoms with Crippen molar-refractivity contribution in [3.05, 3.63) is 33.8 Å². The van der Waals surface area contributed by atoms with Crippen LogP contribution in [-0.2, 0) is 0 Å². The van der Waals surface area contributed by atoms with Crippen LogP contribution in [0.15, 0.2) is 18.2 Å². The van der Waals surface area contributed by atoms with Gasteiger partial charge in [0.25, 0.3) is 0 Å². The molecule has 2 rings (SSSR count). The molecule has 0 spiro atoms. The predicted molar refractivity (Wildman–Crippen MR) is 78.3 cm³/mol. The number of halogens is 2. The fraction of sp³-hybridized carbons (Fsp3) is 0.571. The molecule has 2 N–H and O–H groups in total. The summed E-state index contributed by atoms with van der Waals surface area (Å²) >= 11 is 12.4. The molecule has 2 nitrogen and oxygen atoms in total. The van der Waals surface area contributed by atoms with E-state index in [4.69, 9.17) is 28.9 Å². The van der Waals surface area contributed by atoms with Crippen molar-refractivity contribution in [2.45, 2.75) is 38.3 Å². The van der Waals surface area contributed by atoms with Crippen LogP contribution in [0.2, 0.25) is 10.0 Å². The van der Waals surface area contributed by atoms with Crippen LogP contribution in [-0.4, -0.2) is 24.0 Å². The van der Waals surface area contributed by atoms with Gasteiger partial charge in [-0.25, -0.2) is 0 Å². The first-order valence-corrected chi connectivity index (χ1v) is 7.33. The summed E-state index contributed by atoms with van der Waals surface area (Å²) in [6.45, 7) is 4.34. The highest BCUT2D eigenvalue weighted by atomic mass is 35.5. The maximum absolute atomic E-state index is 6.32. The van der Waals surface area contributed by atoms with Crippen molar-refractivity contribution < 1.29 is 0 Å². The second kappa shape index (κ2) is 6.25. The lowest BCUT2D eigenvalue weighted by Gasteiger charge is -2.40. The van der Waals surface area contributed by atoms with Gasteiger partial charge in [-0.2, -0.15) is 0 Å². The highest BCUT2D eigenvalue weighted by molar-refractivity contribution is 6.33. The van der Waals surface area contributed by atoms with Crippen LogP contribution in [0.4, 0.5) is 0 Å². The number of hydrogen-bond acceptors (Lipinski definition) is 2. The van der Waals surface area contributed by atoms with Crippen LogP contribution in [0, 0.1) is 0 Å². The molecule has 0 saturated carbocycles. The van der Waals surface area contributed by atoms with Crippen LogP contribution in [0.3, 0.4) is 0 Å². The van der Waals surface area contributed by atoms with E-state index in [1.165, 1.54) is 0 Å². The fourth-order valence-electron chi connectivity index (χ4n) is 2.80. The second-order valence-electron chi connectivity index (χ2n) is 4.95. The van der Waals surface area contributed by atoms with Gasteiger partial charge in [-0.3, -0.25) is 4.90 Å². The van der Waals surface area contributed by atoms with Gasteiger partial charge in [0.2, 0.25) is 0 Å². The van der Waals surface area contributed by atoms with E-state index in [0.29, 0.717) is 0 Å². The van der Waals surface area contributed by atoms with E-state index < -0.39 is 0 Å². The number of nitrogens with zero attached hydrogens (tertiary/aromatic N) is 1. The van der Waals surface area contributed by atoms with E-state index in [9.17, 15) is 0 Å². The van der Waals surface area contributed by atoms with Gasteiger partial charge in [0.05, 0.1) is 6.04 Å². The van der Waals surface area contributed by atoms with E-state index in [1.54, 1.807) is 0 Å². The fourth-order valence-corrected chi connectivity index (χ4v) is 3.21. The molecule has 0 bridgehead atoms. The zero-order chi connectivity index (χ0) is 13.1. The Hall–Kier alpha value is -0.280. The third-order valence-corrected chi connectivity index (χ3v) is 4.15. The number of nitrogens with two attached hydrogens (primary N) is 1. The lowest BCUT2D eigenvalue weighted by atomic mass is 9.90.